The molecule has 2 amide bonds. The highest BCUT2D eigenvalue weighted by Gasteiger charge is 2.57. The van der Waals surface area contributed by atoms with Gasteiger partial charge >= 0.3 is 0 Å². The summed E-state index contributed by atoms with van der Waals surface area (Å²) in [7, 11) is 3.32. The van der Waals surface area contributed by atoms with Crippen molar-refractivity contribution < 1.29 is 33.6 Å². The average Bonchev–Trinajstić information content (AvgIpc) is 3.14. The summed E-state index contributed by atoms with van der Waals surface area (Å²) in [5, 5.41) is 17.2. The van der Waals surface area contributed by atoms with E-state index in [9.17, 15) is 24.3 Å². The minimum absolute atomic E-state index is 0.128. The third-order valence-corrected chi connectivity index (χ3v) is 7.91. The van der Waals surface area contributed by atoms with Gasteiger partial charge in [0.25, 0.3) is 5.91 Å². The van der Waals surface area contributed by atoms with Crippen LogP contribution >= 0.6 is 27.7 Å². The highest BCUT2D eigenvalue weighted by molar-refractivity contribution is 9.09. The Bertz CT molecular complexity index is 772. The van der Waals surface area contributed by atoms with Crippen LogP contribution in [-0.4, -0.2) is 101 Å². The van der Waals surface area contributed by atoms with Crippen molar-refractivity contribution in [1.82, 2.24) is 10.2 Å². The summed E-state index contributed by atoms with van der Waals surface area (Å²) in [6.45, 7) is 2.67. The molecule has 0 aromatic carbocycles. The minimum Gasteiger partial charge on any atom is -0.548 e. The lowest BCUT2D eigenvalue weighted by Crippen LogP contribution is -2.77. The molecule has 3 saturated heterocycles. The number of quaternary nitrogens is 1. The van der Waals surface area contributed by atoms with Gasteiger partial charge in [-0.2, -0.15) is 0 Å². The first-order chi connectivity index (χ1) is 14.2. The van der Waals surface area contributed by atoms with E-state index in [0.717, 1.165) is 30.4 Å². The predicted octanol–water partition coefficient (Wildman–Crippen LogP) is -1.67. The smallest absolute Gasteiger partial charge is 0.277 e. The first kappa shape index (κ1) is 23.0. The topological polar surface area (TPSA) is 128 Å². The van der Waals surface area contributed by atoms with Gasteiger partial charge in [-0.3, -0.25) is 14.4 Å². The van der Waals surface area contributed by atoms with E-state index in [0.29, 0.717) is 12.3 Å². The number of hydrogen-bond acceptors (Lipinski definition) is 8. The summed E-state index contributed by atoms with van der Waals surface area (Å²) >= 11 is 4.41. The van der Waals surface area contributed by atoms with Crippen LogP contribution in [-0.2, 0) is 24.0 Å². The van der Waals surface area contributed by atoms with E-state index in [-0.39, 0.29) is 11.2 Å². The maximum absolute atomic E-state index is 12.8. The number of thioether (sulfide) groups is 1. The molecule has 30 heavy (non-hydrogen) atoms. The summed E-state index contributed by atoms with van der Waals surface area (Å²) in [6.07, 6.45) is 2.23. The maximum Gasteiger partial charge on any atom is 0.277 e. The van der Waals surface area contributed by atoms with Gasteiger partial charge in [0.2, 0.25) is 17.4 Å². The van der Waals surface area contributed by atoms with Crippen LogP contribution in [0.5, 0.6) is 0 Å². The lowest BCUT2D eigenvalue weighted by Gasteiger charge is -2.56. The van der Waals surface area contributed by atoms with Gasteiger partial charge in [-0.25, -0.2) is 0 Å². The van der Waals surface area contributed by atoms with Crippen molar-refractivity contribution in [3.63, 3.8) is 0 Å². The highest BCUT2D eigenvalue weighted by Crippen LogP contribution is 2.41. The van der Waals surface area contributed by atoms with Gasteiger partial charge in [-0.1, -0.05) is 21.1 Å². The van der Waals surface area contributed by atoms with Crippen molar-refractivity contribution >= 4 is 57.0 Å². The molecule has 3 rings (SSSR count). The van der Waals surface area contributed by atoms with Crippen molar-refractivity contribution in [3.8, 4) is 0 Å². The third kappa shape index (κ3) is 4.35. The Morgan fingerprint density at radius 1 is 1.37 bits per heavy atom. The van der Waals surface area contributed by atoms with Crippen LogP contribution in [0.15, 0.2) is 5.16 Å². The standard InChI is InChI=1S/C18H25BrN4O6S/c1-23(5-3-4-6-23)8-10-9-30-17-13(16(26)22(17)14(10)18(27)28)20-15(25)12(21-29-2)11(24)7-19/h10,13-14,17H,3-9H2,1-2H3,(H-,20,25,27,28)/b21-12+. The molecule has 3 aliphatic rings. The number of carboxylic acid groups (broad SMARTS) is 1. The van der Waals surface area contributed by atoms with Crippen molar-refractivity contribution in [2.45, 2.75) is 30.3 Å². The number of Topliss-reactive ketones (excluding diaryl/α,β-unsaturated/α-hetero) is 1. The number of carbonyl (C=O) groups excluding carboxylic acids is 4. The SMILES string of the molecule is CO/N=C(\C(=O)CBr)C(=O)NC1C(=O)N2C1SCC(C[N+]1(C)CCCC1)C2C(=O)[O-]. The zero-order valence-corrected chi connectivity index (χ0v) is 19.2. The van der Waals surface area contributed by atoms with E-state index in [1.807, 2.05) is 0 Å². The molecule has 0 aliphatic carbocycles. The van der Waals surface area contributed by atoms with E-state index in [1.165, 1.54) is 23.8 Å². The Balaban J connectivity index is 1.71. The van der Waals surface area contributed by atoms with Crippen molar-refractivity contribution in [1.29, 1.82) is 0 Å². The molecule has 0 bridgehead atoms. The summed E-state index contributed by atoms with van der Waals surface area (Å²) < 4.78 is 0.799. The van der Waals surface area contributed by atoms with Gasteiger partial charge in [0.05, 0.1) is 44.0 Å². The van der Waals surface area contributed by atoms with Crippen LogP contribution in [0.3, 0.4) is 0 Å². The van der Waals surface area contributed by atoms with Gasteiger partial charge in [-0.15, -0.1) is 11.8 Å². The molecule has 3 aliphatic heterocycles. The van der Waals surface area contributed by atoms with Gasteiger partial charge in [0.1, 0.15) is 18.5 Å². The van der Waals surface area contributed by atoms with Gasteiger partial charge < -0.3 is 29.4 Å². The van der Waals surface area contributed by atoms with Crippen LogP contribution in [0.1, 0.15) is 12.8 Å². The number of carbonyl (C=O) groups is 4. The number of halogens is 1. The zero-order valence-electron chi connectivity index (χ0n) is 16.8. The number of ketones is 1. The number of nitrogens with zero attached hydrogens (tertiary/aromatic N) is 3. The summed E-state index contributed by atoms with van der Waals surface area (Å²) in [5.74, 6) is -2.86. The Morgan fingerprint density at radius 3 is 2.60 bits per heavy atom. The molecule has 12 heteroatoms. The van der Waals surface area contributed by atoms with Gasteiger partial charge in [0, 0.05) is 24.5 Å². The summed E-state index contributed by atoms with van der Waals surface area (Å²) in [4.78, 5) is 54.9. The molecule has 1 N–H and O–H groups in total. The predicted molar refractivity (Wildman–Crippen MR) is 111 cm³/mol. The molecule has 4 atom stereocenters. The normalized spacial score (nSPS) is 30.3. The third-order valence-electron chi connectivity index (χ3n) is 5.94. The van der Waals surface area contributed by atoms with Gasteiger partial charge in [-0.05, 0) is 0 Å². The lowest BCUT2D eigenvalue weighted by molar-refractivity contribution is -0.900. The van der Waals surface area contributed by atoms with Crippen molar-refractivity contribution in [2.75, 3.05) is 44.9 Å². The number of hydrogen-bond donors (Lipinski definition) is 1. The quantitative estimate of drug-likeness (QED) is 0.104. The number of oxime groups is 1. The number of rotatable bonds is 8. The average molecular weight is 505 g/mol. The lowest BCUT2D eigenvalue weighted by atomic mass is 9.92. The van der Waals surface area contributed by atoms with E-state index in [4.69, 9.17) is 0 Å². The fourth-order valence-electron chi connectivity index (χ4n) is 4.52. The number of carboxylic acids is 1. The monoisotopic (exact) mass is 504 g/mol. The molecule has 0 spiro atoms. The first-order valence-electron chi connectivity index (χ1n) is 9.72. The number of aliphatic carboxylic acids is 1. The molecule has 4 unspecified atom stereocenters. The Morgan fingerprint density at radius 2 is 2.03 bits per heavy atom. The van der Waals surface area contributed by atoms with Gasteiger partial charge in [0.15, 0.2) is 0 Å². The zero-order chi connectivity index (χ0) is 22.1. The maximum atomic E-state index is 12.8. The molecule has 166 valence electrons. The molecule has 0 aromatic rings. The Kier molecular flexibility index (Phi) is 7.08. The molecule has 0 aromatic heterocycles. The Hall–Kier alpha value is -1.66. The van der Waals surface area contributed by atoms with E-state index >= 15 is 0 Å². The number of fused-ring (bicyclic) bond motifs is 1. The van der Waals surface area contributed by atoms with Crippen LogP contribution in [0.4, 0.5) is 0 Å². The summed E-state index contributed by atoms with van der Waals surface area (Å²) in [5.41, 5.74) is -0.456. The van der Waals surface area contributed by atoms with E-state index < -0.39 is 46.7 Å². The van der Waals surface area contributed by atoms with E-state index in [1.54, 1.807) is 0 Å². The minimum atomic E-state index is -1.27. The van der Waals surface area contributed by atoms with Crippen LogP contribution in [0, 0.1) is 5.92 Å². The largest absolute Gasteiger partial charge is 0.548 e. The second-order valence-corrected chi connectivity index (χ2v) is 9.79. The van der Waals surface area contributed by atoms with Crippen LogP contribution < -0.4 is 10.4 Å². The molecular formula is C18H25BrN4O6S. The highest BCUT2D eigenvalue weighted by atomic mass is 79.9. The molecule has 3 fully saturated rings. The molecule has 3 heterocycles. The van der Waals surface area contributed by atoms with Crippen molar-refractivity contribution in [3.05, 3.63) is 0 Å². The van der Waals surface area contributed by atoms with Crippen LogP contribution in [0.25, 0.3) is 0 Å². The first-order valence-corrected chi connectivity index (χ1v) is 11.9. The number of β-lactam (4-membered cyclic amide) rings is 1. The molecule has 10 nitrogen and oxygen atoms in total. The van der Waals surface area contributed by atoms with Crippen LogP contribution in [0.2, 0.25) is 0 Å². The number of nitrogens with one attached hydrogen (secondary N) is 1. The molecule has 0 radical (unpaired) electrons. The van der Waals surface area contributed by atoms with E-state index in [2.05, 4.69) is 38.3 Å². The van der Waals surface area contributed by atoms with Crippen molar-refractivity contribution in [2.24, 2.45) is 11.1 Å². The fraction of sp³-hybridized carbons (Fsp3) is 0.722. The second kappa shape index (κ2) is 9.23. The molecule has 0 saturated carbocycles. The number of amides is 2. The number of alkyl halides is 1. The fourth-order valence-corrected chi connectivity index (χ4v) is 6.29. The summed E-state index contributed by atoms with van der Waals surface area (Å²) in [6, 6.07) is -1.95. The molecular weight excluding hydrogens is 480 g/mol. The Labute approximate surface area is 187 Å². The number of likely N-dealkylation sites (tertiary alicyclic amines) is 1. The second-order valence-electron chi connectivity index (χ2n) is 8.08.